The van der Waals surface area contributed by atoms with Crippen molar-refractivity contribution in [3.63, 3.8) is 0 Å². The quantitative estimate of drug-likeness (QED) is 0.643. The Bertz CT molecular complexity index is 595. The second-order valence-corrected chi connectivity index (χ2v) is 6.68. The summed E-state index contributed by atoms with van der Waals surface area (Å²) >= 11 is 0. The Balaban J connectivity index is 1.68. The lowest BCUT2D eigenvalue weighted by atomic mass is 10.1. The van der Waals surface area contributed by atoms with Gasteiger partial charge in [0.05, 0.1) is 6.61 Å². The molecule has 1 fully saturated rings. The Labute approximate surface area is 144 Å². The van der Waals surface area contributed by atoms with Gasteiger partial charge in [-0.25, -0.2) is 0 Å². The molecule has 0 bridgehead atoms. The third kappa shape index (κ3) is 3.94. The second kappa shape index (κ2) is 7.77. The summed E-state index contributed by atoms with van der Waals surface area (Å²) in [6.07, 6.45) is 6.28. The summed E-state index contributed by atoms with van der Waals surface area (Å²) in [6.45, 7) is 5.46. The monoisotopic (exact) mass is 331 g/mol. The molecule has 1 unspecified atom stereocenters. The first-order valence-corrected chi connectivity index (χ1v) is 9.12. The summed E-state index contributed by atoms with van der Waals surface area (Å²) in [5, 5.41) is 6.93. The van der Waals surface area contributed by atoms with E-state index in [0.29, 0.717) is 19.2 Å². The van der Waals surface area contributed by atoms with E-state index in [1.807, 2.05) is 14.0 Å². The lowest BCUT2D eigenvalue weighted by molar-refractivity contribution is 0.254. The first kappa shape index (κ1) is 16.9. The SMILES string of the molecule is CCOc1cc2c(cc1CNC(=NC)NC1CCCC1)OC(C)C2. The van der Waals surface area contributed by atoms with Gasteiger partial charge in [-0.3, -0.25) is 4.99 Å². The highest BCUT2D eigenvalue weighted by atomic mass is 16.5. The summed E-state index contributed by atoms with van der Waals surface area (Å²) in [5.41, 5.74) is 2.35. The predicted molar refractivity (Wildman–Crippen MR) is 97.0 cm³/mol. The van der Waals surface area contributed by atoms with E-state index in [4.69, 9.17) is 9.47 Å². The van der Waals surface area contributed by atoms with Gasteiger partial charge in [0.2, 0.25) is 0 Å². The number of ether oxygens (including phenoxy) is 2. The number of fused-ring (bicyclic) bond motifs is 1. The van der Waals surface area contributed by atoms with Gasteiger partial charge in [0, 0.05) is 37.2 Å². The van der Waals surface area contributed by atoms with Gasteiger partial charge >= 0.3 is 0 Å². The molecule has 0 saturated heterocycles. The molecule has 1 heterocycles. The van der Waals surface area contributed by atoms with Crippen molar-refractivity contribution < 1.29 is 9.47 Å². The molecule has 1 aliphatic heterocycles. The molecule has 24 heavy (non-hydrogen) atoms. The van der Waals surface area contributed by atoms with Gasteiger partial charge in [0.1, 0.15) is 17.6 Å². The lowest BCUT2D eigenvalue weighted by Gasteiger charge is -2.18. The van der Waals surface area contributed by atoms with Crippen LogP contribution in [0.1, 0.15) is 50.7 Å². The Morgan fingerprint density at radius 3 is 2.83 bits per heavy atom. The highest BCUT2D eigenvalue weighted by Gasteiger charge is 2.22. The Kier molecular flexibility index (Phi) is 5.48. The number of nitrogens with one attached hydrogen (secondary N) is 2. The maximum atomic E-state index is 5.89. The Morgan fingerprint density at radius 2 is 2.12 bits per heavy atom. The van der Waals surface area contributed by atoms with E-state index in [1.165, 1.54) is 31.2 Å². The van der Waals surface area contributed by atoms with E-state index in [-0.39, 0.29) is 6.10 Å². The summed E-state index contributed by atoms with van der Waals surface area (Å²) in [4.78, 5) is 4.35. The maximum absolute atomic E-state index is 5.89. The van der Waals surface area contributed by atoms with Crippen molar-refractivity contribution in [1.82, 2.24) is 10.6 Å². The van der Waals surface area contributed by atoms with Crippen LogP contribution in [-0.2, 0) is 13.0 Å². The van der Waals surface area contributed by atoms with Crippen molar-refractivity contribution in [2.75, 3.05) is 13.7 Å². The van der Waals surface area contributed by atoms with Gasteiger partial charge in [-0.15, -0.1) is 0 Å². The molecule has 3 rings (SSSR count). The van der Waals surface area contributed by atoms with Crippen LogP contribution >= 0.6 is 0 Å². The highest BCUT2D eigenvalue weighted by molar-refractivity contribution is 5.80. The van der Waals surface area contributed by atoms with E-state index in [2.05, 4.69) is 34.7 Å². The molecule has 0 amide bonds. The standard InChI is InChI=1S/C19H29N3O2/c1-4-23-17-10-14-9-13(2)24-18(14)11-15(17)12-21-19(20-3)22-16-7-5-6-8-16/h10-11,13,16H,4-9,12H2,1-3H3,(H2,20,21,22). The average molecular weight is 331 g/mol. The van der Waals surface area contributed by atoms with Crippen molar-refractivity contribution >= 4 is 5.96 Å². The van der Waals surface area contributed by atoms with Crippen LogP contribution in [0.25, 0.3) is 0 Å². The zero-order valence-corrected chi connectivity index (χ0v) is 15.0. The minimum Gasteiger partial charge on any atom is -0.494 e. The maximum Gasteiger partial charge on any atom is 0.191 e. The molecular weight excluding hydrogens is 302 g/mol. The topological polar surface area (TPSA) is 54.9 Å². The van der Waals surface area contributed by atoms with Crippen LogP contribution in [0, 0.1) is 0 Å². The first-order chi connectivity index (χ1) is 11.7. The molecule has 2 aliphatic rings. The van der Waals surface area contributed by atoms with Crippen LogP contribution < -0.4 is 20.1 Å². The third-order valence-corrected chi connectivity index (χ3v) is 4.74. The van der Waals surface area contributed by atoms with Crippen LogP contribution in [0.2, 0.25) is 0 Å². The van der Waals surface area contributed by atoms with E-state index < -0.39 is 0 Å². The molecule has 0 radical (unpaired) electrons. The van der Waals surface area contributed by atoms with Crippen molar-refractivity contribution in [2.24, 2.45) is 4.99 Å². The molecule has 0 aromatic heterocycles. The number of nitrogens with zero attached hydrogens (tertiary/aromatic N) is 1. The summed E-state index contributed by atoms with van der Waals surface area (Å²) < 4.78 is 11.7. The zero-order valence-electron chi connectivity index (χ0n) is 15.0. The van der Waals surface area contributed by atoms with Crippen molar-refractivity contribution in [1.29, 1.82) is 0 Å². The fourth-order valence-electron chi connectivity index (χ4n) is 3.55. The van der Waals surface area contributed by atoms with E-state index in [0.717, 1.165) is 29.4 Å². The lowest BCUT2D eigenvalue weighted by Crippen LogP contribution is -2.42. The average Bonchev–Trinajstić information content (AvgIpc) is 3.19. The molecule has 5 nitrogen and oxygen atoms in total. The van der Waals surface area contributed by atoms with Crippen molar-refractivity contribution in [2.45, 2.75) is 64.6 Å². The van der Waals surface area contributed by atoms with Crippen molar-refractivity contribution in [3.8, 4) is 11.5 Å². The van der Waals surface area contributed by atoms with Crippen LogP contribution in [0.15, 0.2) is 17.1 Å². The number of hydrogen-bond donors (Lipinski definition) is 2. The first-order valence-electron chi connectivity index (χ1n) is 9.12. The van der Waals surface area contributed by atoms with Crippen molar-refractivity contribution in [3.05, 3.63) is 23.3 Å². The molecule has 132 valence electrons. The van der Waals surface area contributed by atoms with E-state index in [1.54, 1.807) is 0 Å². The number of rotatable bonds is 5. The molecule has 1 aromatic rings. The molecule has 2 N–H and O–H groups in total. The highest BCUT2D eigenvalue weighted by Crippen LogP contribution is 2.35. The third-order valence-electron chi connectivity index (χ3n) is 4.74. The smallest absolute Gasteiger partial charge is 0.191 e. The summed E-state index contributed by atoms with van der Waals surface area (Å²) in [7, 11) is 1.82. The van der Waals surface area contributed by atoms with Gasteiger partial charge in [-0.1, -0.05) is 12.8 Å². The molecule has 1 atom stereocenters. The van der Waals surface area contributed by atoms with Crippen LogP contribution in [0.3, 0.4) is 0 Å². The summed E-state index contributed by atoms with van der Waals surface area (Å²) in [6, 6.07) is 4.79. The fourth-order valence-corrected chi connectivity index (χ4v) is 3.55. The van der Waals surface area contributed by atoms with Gasteiger partial charge in [-0.2, -0.15) is 0 Å². The van der Waals surface area contributed by atoms with Gasteiger partial charge in [0.25, 0.3) is 0 Å². The molecule has 1 saturated carbocycles. The molecular formula is C19H29N3O2. The minimum absolute atomic E-state index is 0.245. The Morgan fingerprint density at radius 1 is 1.33 bits per heavy atom. The van der Waals surface area contributed by atoms with Crippen LogP contribution in [0.5, 0.6) is 11.5 Å². The van der Waals surface area contributed by atoms with Crippen LogP contribution in [0.4, 0.5) is 0 Å². The normalized spacial score (nSPS) is 20.6. The fraction of sp³-hybridized carbons (Fsp3) is 0.632. The number of guanidine groups is 1. The van der Waals surface area contributed by atoms with E-state index in [9.17, 15) is 0 Å². The summed E-state index contributed by atoms with van der Waals surface area (Å²) in [5.74, 6) is 2.79. The van der Waals surface area contributed by atoms with Gasteiger partial charge in [-0.05, 0) is 38.8 Å². The molecule has 1 aromatic carbocycles. The largest absolute Gasteiger partial charge is 0.494 e. The van der Waals surface area contributed by atoms with Gasteiger partial charge < -0.3 is 20.1 Å². The Hall–Kier alpha value is -1.91. The predicted octanol–water partition coefficient (Wildman–Crippen LogP) is 3.02. The second-order valence-electron chi connectivity index (χ2n) is 6.68. The van der Waals surface area contributed by atoms with Crippen LogP contribution in [-0.4, -0.2) is 31.8 Å². The molecule has 0 spiro atoms. The van der Waals surface area contributed by atoms with E-state index >= 15 is 0 Å². The molecule has 1 aliphatic carbocycles. The number of benzene rings is 1. The minimum atomic E-state index is 0.245. The number of aliphatic imine (C=N–C) groups is 1. The number of hydrogen-bond acceptors (Lipinski definition) is 3. The molecule has 5 heteroatoms. The van der Waals surface area contributed by atoms with Gasteiger partial charge in [0.15, 0.2) is 5.96 Å². The zero-order chi connectivity index (χ0) is 16.9.